The van der Waals surface area contributed by atoms with E-state index in [2.05, 4.69) is 12.2 Å². The predicted octanol–water partition coefficient (Wildman–Crippen LogP) is 3.92. The molecule has 0 aliphatic carbocycles. The largest absolute Gasteiger partial charge is 0.493 e. The maximum absolute atomic E-state index is 13.4. The molecule has 0 saturated carbocycles. The number of para-hydroxylation sites is 1. The van der Waals surface area contributed by atoms with Crippen molar-refractivity contribution in [3.63, 3.8) is 0 Å². The Kier molecular flexibility index (Phi) is 5.13. The van der Waals surface area contributed by atoms with E-state index in [4.69, 9.17) is 4.74 Å². The van der Waals surface area contributed by atoms with Gasteiger partial charge in [-0.05, 0) is 37.2 Å². The Hall–Kier alpha value is -1.87. The minimum absolute atomic E-state index is 0.0845. The third-order valence-electron chi connectivity index (χ3n) is 3.16. The molecule has 1 atom stereocenters. The molecule has 0 heterocycles. The lowest BCUT2D eigenvalue weighted by Gasteiger charge is -2.20. The quantitative estimate of drug-likeness (QED) is 0.861. The van der Waals surface area contributed by atoms with Crippen LogP contribution in [0.25, 0.3) is 0 Å². The Morgan fingerprint density at radius 2 is 1.95 bits per heavy atom. The van der Waals surface area contributed by atoms with Gasteiger partial charge in [-0.15, -0.1) is 0 Å². The fourth-order valence-electron chi connectivity index (χ4n) is 2.25. The van der Waals surface area contributed by atoms with E-state index < -0.39 is 0 Å². The summed E-state index contributed by atoms with van der Waals surface area (Å²) in [6, 6.07) is 14.5. The first-order chi connectivity index (χ1) is 9.76. The van der Waals surface area contributed by atoms with Crippen molar-refractivity contribution < 1.29 is 9.13 Å². The van der Waals surface area contributed by atoms with Gasteiger partial charge in [0.2, 0.25) is 0 Å². The minimum atomic E-state index is -0.227. The summed E-state index contributed by atoms with van der Waals surface area (Å²) < 4.78 is 19.2. The fourth-order valence-corrected chi connectivity index (χ4v) is 2.25. The van der Waals surface area contributed by atoms with Crippen LogP contribution in [0.15, 0.2) is 48.5 Å². The first-order valence-electron chi connectivity index (χ1n) is 6.90. The van der Waals surface area contributed by atoms with E-state index in [1.54, 1.807) is 12.1 Å². The second kappa shape index (κ2) is 7.06. The molecule has 106 valence electrons. The van der Waals surface area contributed by atoms with Crippen molar-refractivity contribution in [3.8, 4) is 5.75 Å². The molecule has 0 spiro atoms. The molecule has 0 aromatic heterocycles. The summed E-state index contributed by atoms with van der Waals surface area (Å²) in [4.78, 5) is 0. The van der Waals surface area contributed by atoms with Crippen LogP contribution in [0.3, 0.4) is 0 Å². The van der Waals surface area contributed by atoms with Crippen molar-refractivity contribution in [2.75, 3.05) is 13.7 Å². The highest BCUT2D eigenvalue weighted by atomic mass is 19.1. The zero-order valence-corrected chi connectivity index (χ0v) is 11.9. The SMILES string of the molecule is CCCOc1ccccc1C(NC)c1cccc(F)c1. The van der Waals surface area contributed by atoms with E-state index >= 15 is 0 Å². The Balaban J connectivity index is 2.36. The summed E-state index contributed by atoms with van der Waals surface area (Å²) in [5.41, 5.74) is 1.91. The highest BCUT2D eigenvalue weighted by molar-refractivity contribution is 5.41. The molecule has 3 heteroatoms. The molecule has 2 aromatic rings. The van der Waals surface area contributed by atoms with E-state index in [0.717, 1.165) is 23.3 Å². The van der Waals surface area contributed by atoms with Crippen molar-refractivity contribution in [2.24, 2.45) is 0 Å². The predicted molar refractivity (Wildman–Crippen MR) is 79.5 cm³/mol. The molecular formula is C17H20FNO. The average molecular weight is 273 g/mol. The van der Waals surface area contributed by atoms with Gasteiger partial charge in [-0.2, -0.15) is 0 Å². The van der Waals surface area contributed by atoms with Crippen molar-refractivity contribution >= 4 is 0 Å². The van der Waals surface area contributed by atoms with Gasteiger partial charge in [0.05, 0.1) is 12.6 Å². The molecule has 0 radical (unpaired) electrons. The zero-order valence-electron chi connectivity index (χ0n) is 11.9. The van der Waals surface area contributed by atoms with Crippen LogP contribution in [0, 0.1) is 5.82 Å². The summed E-state index contributed by atoms with van der Waals surface area (Å²) in [6.45, 7) is 2.75. The molecule has 2 aromatic carbocycles. The van der Waals surface area contributed by atoms with E-state index in [-0.39, 0.29) is 11.9 Å². The summed E-state index contributed by atoms with van der Waals surface area (Å²) in [6.07, 6.45) is 0.957. The Labute approximate surface area is 119 Å². The summed E-state index contributed by atoms with van der Waals surface area (Å²) in [7, 11) is 1.87. The number of rotatable bonds is 6. The second-order valence-electron chi connectivity index (χ2n) is 4.66. The molecule has 0 fully saturated rings. The maximum Gasteiger partial charge on any atom is 0.124 e. The van der Waals surface area contributed by atoms with Crippen LogP contribution in [-0.2, 0) is 0 Å². The molecule has 0 amide bonds. The number of ether oxygens (including phenoxy) is 1. The lowest BCUT2D eigenvalue weighted by molar-refractivity contribution is 0.312. The van der Waals surface area contributed by atoms with Gasteiger partial charge in [0.25, 0.3) is 0 Å². The molecule has 20 heavy (non-hydrogen) atoms. The Bertz CT molecular complexity index is 556. The zero-order chi connectivity index (χ0) is 14.4. The molecular weight excluding hydrogens is 253 g/mol. The normalized spacial score (nSPS) is 12.2. The lowest BCUT2D eigenvalue weighted by Crippen LogP contribution is -2.19. The molecule has 0 aliphatic heterocycles. The third-order valence-corrected chi connectivity index (χ3v) is 3.16. The maximum atomic E-state index is 13.4. The second-order valence-corrected chi connectivity index (χ2v) is 4.66. The first-order valence-corrected chi connectivity index (χ1v) is 6.90. The van der Waals surface area contributed by atoms with E-state index in [9.17, 15) is 4.39 Å². The van der Waals surface area contributed by atoms with E-state index in [1.165, 1.54) is 6.07 Å². The van der Waals surface area contributed by atoms with Crippen LogP contribution in [0.2, 0.25) is 0 Å². The average Bonchev–Trinajstić information content (AvgIpc) is 2.47. The number of halogens is 1. The number of benzene rings is 2. The smallest absolute Gasteiger partial charge is 0.124 e. The van der Waals surface area contributed by atoms with Crippen LogP contribution in [0.5, 0.6) is 5.75 Å². The summed E-state index contributed by atoms with van der Waals surface area (Å²) >= 11 is 0. The van der Waals surface area contributed by atoms with Gasteiger partial charge in [0.15, 0.2) is 0 Å². The first kappa shape index (κ1) is 14.5. The molecule has 1 unspecified atom stereocenters. The van der Waals surface area contributed by atoms with Gasteiger partial charge in [0.1, 0.15) is 11.6 Å². The third kappa shape index (κ3) is 3.36. The molecule has 2 rings (SSSR count). The standard InChI is InChI=1S/C17H20FNO/c1-3-11-20-16-10-5-4-9-15(16)17(19-2)13-7-6-8-14(18)12-13/h4-10,12,17,19H,3,11H2,1-2H3. The molecule has 1 N–H and O–H groups in total. The highest BCUT2D eigenvalue weighted by Crippen LogP contribution is 2.30. The topological polar surface area (TPSA) is 21.3 Å². The fraction of sp³-hybridized carbons (Fsp3) is 0.294. The van der Waals surface area contributed by atoms with Gasteiger partial charge in [-0.25, -0.2) is 4.39 Å². The van der Waals surface area contributed by atoms with Gasteiger partial charge in [-0.3, -0.25) is 0 Å². The van der Waals surface area contributed by atoms with Gasteiger partial charge < -0.3 is 10.1 Å². The number of nitrogens with one attached hydrogen (secondary N) is 1. The van der Waals surface area contributed by atoms with E-state index in [1.807, 2.05) is 37.4 Å². The number of hydrogen-bond donors (Lipinski definition) is 1. The van der Waals surface area contributed by atoms with Crippen molar-refractivity contribution in [1.29, 1.82) is 0 Å². The van der Waals surface area contributed by atoms with Crippen molar-refractivity contribution in [2.45, 2.75) is 19.4 Å². The monoisotopic (exact) mass is 273 g/mol. The Morgan fingerprint density at radius 1 is 1.15 bits per heavy atom. The molecule has 0 saturated heterocycles. The van der Waals surface area contributed by atoms with Gasteiger partial charge in [-0.1, -0.05) is 37.3 Å². The van der Waals surface area contributed by atoms with E-state index in [0.29, 0.717) is 6.61 Å². The lowest BCUT2D eigenvalue weighted by atomic mass is 9.98. The van der Waals surface area contributed by atoms with Crippen molar-refractivity contribution in [3.05, 3.63) is 65.5 Å². The molecule has 2 nitrogen and oxygen atoms in total. The molecule has 0 bridgehead atoms. The highest BCUT2D eigenvalue weighted by Gasteiger charge is 2.16. The minimum Gasteiger partial charge on any atom is -0.493 e. The van der Waals surface area contributed by atoms with Gasteiger partial charge in [0, 0.05) is 5.56 Å². The van der Waals surface area contributed by atoms with Crippen LogP contribution in [0.1, 0.15) is 30.5 Å². The van der Waals surface area contributed by atoms with Crippen LogP contribution < -0.4 is 10.1 Å². The number of hydrogen-bond acceptors (Lipinski definition) is 2. The van der Waals surface area contributed by atoms with Crippen LogP contribution in [0.4, 0.5) is 4.39 Å². The summed E-state index contributed by atoms with van der Waals surface area (Å²) in [5, 5.41) is 3.23. The van der Waals surface area contributed by atoms with Gasteiger partial charge >= 0.3 is 0 Å². The van der Waals surface area contributed by atoms with Crippen LogP contribution in [-0.4, -0.2) is 13.7 Å². The molecule has 0 aliphatic rings. The summed E-state index contributed by atoms with van der Waals surface area (Å²) in [5.74, 6) is 0.618. The van der Waals surface area contributed by atoms with Crippen molar-refractivity contribution in [1.82, 2.24) is 5.32 Å². The van der Waals surface area contributed by atoms with Crippen LogP contribution >= 0.6 is 0 Å². The Morgan fingerprint density at radius 3 is 2.65 bits per heavy atom.